The second-order valence-electron chi connectivity index (χ2n) is 3.55. The van der Waals surface area contributed by atoms with Gasteiger partial charge in [-0.1, -0.05) is 6.07 Å². The molecule has 0 aliphatic carbocycles. The van der Waals surface area contributed by atoms with E-state index in [0.717, 1.165) is 12.8 Å². The van der Waals surface area contributed by atoms with Crippen LogP contribution < -0.4 is 11.1 Å². The average molecular weight is 226 g/mol. The summed E-state index contributed by atoms with van der Waals surface area (Å²) in [6.45, 7) is 2.67. The van der Waals surface area contributed by atoms with E-state index in [0.29, 0.717) is 13.0 Å². The smallest absolute Gasteiger partial charge is 0.220 e. The van der Waals surface area contributed by atoms with E-state index in [9.17, 15) is 4.79 Å². The van der Waals surface area contributed by atoms with Gasteiger partial charge in [-0.2, -0.15) is 0 Å². The molecule has 0 bridgehead atoms. The molecule has 1 aromatic heterocycles. The fourth-order valence-corrected chi connectivity index (χ4v) is 2.09. The van der Waals surface area contributed by atoms with Gasteiger partial charge in [0.15, 0.2) is 0 Å². The summed E-state index contributed by atoms with van der Waals surface area (Å²) in [6.07, 6.45) is 2.37. The SMILES string of the molecule is C[C@@H](NC(=O)CCCCN)c1cccs1. The zero-order chi connectivity index (χ0) is 11.1. The second kappa shape index (κ2) is 6.58. The zero-order valence-corrected chi connectivity index (χ0v) is 9.85. The molecule has 0 unspecified atom stereocenters. The summed E-state index contributed by atoms with van der Waals surface area (Å²) in [5, 5.41) is 4.99. The third-order valence-corrected chi connectivity index (χ3v) is 3.26. The summed E-state index contributed by atoms with van der Waals surface area (Å²) in [5.74, 6) is 0.115. The lowest BCUT2D eigenvalue weighted by Gasteiger charge is -2.11. The third-order valence-electron chi connectivity index (χ3n) is 2.21. The van der Waals surface area contributed by atoms with Crippen molar-refractivity contribution < 1.29 is 4.79 Å². The fourth-order valence-electron chi connectivity index (χ4n) is 1.35. The van der Waals surface area contributed by atoms with Crippen LogP contribution in [0.15, 0.2) is 17.5 Å². The fraction of sp³-hybridized carbons (Fsp3) is 0.545. The first-order valence-corrected chi connectivity index (χ1v) is 6.15. The zero-order valence-electron chi connectivity index (χ0n) is 9.03. The summed E-state index contributed by atoms with van der Waals surface area (Å²) in [4.78, 5) is 12.7. The highest BCUT2D eigenvalue weighted by Crippen LogP contribution is 2.18. The monoisotopic (exact) mass is 226 g/mol. The molecule has 0 saturated carbocycles. The number of unbranched alkanes of at least 4 members (excludes halogenated alkanes) is 1. The Morgan fingerprint density at radius 1 is 1.60 bits per heavy atom. The van der Waals surface area contributed by atoms with Gasteiger partial charge in [-0.15, -0.1) is 11.3 Å². The van der Waals surface area contributed by atoms with Crippen molar-refractivity contribution in [3.05, 3.63) is 22.4 Å². The molecular formula is C11H18N2OS. The maximum atomic E-state index is 11.5. The van der Waals surface area contributed by atoms with Gasteiger partial charge in [-0.05, 0) is 37.8 Å². The molecular weight excluding hydrogens is 208 g/mol. The molecule has 0 fully saturated rings. The number of carbonyl (C=O) groups excluding carboxylic acids is 1. The van der Waals surface area contributed by atoms with E-state index in [1.165, 1.54) is 4.88 Å². The molecule has 1 aromatic rings. The van der Waals surface area contributed by atoms with Crippen LogP contribution in [0, 0.1) is 0 Å². The first kappa shape index (κ1) is 12.2. The Labute approximate surface area is 94.7 Å². The van der Waals surface area contributed by atoms with Crippen molar-refractivity contribution in [3.63, 3.8) is 0 Å². The van der Waals surface area contributed by atoms with Crippen LogP contribution in [0.25, 0.3) is 0 Å². The second-order valence-corrected chi connectivity index (χ2v) is 4.53. The summed E-state index contributed by atoms with van der Waals surface area (Å²) in [7, 11) is 0. The van der Waals surface area contributed by atoms with Crippen molar-refractivity contribution in [3.8, 4) is 0 Å². The van der Waals surface area contributed by atoms with Gasteiger partial charge in [0.2, 0.25) is 5.91 Å². The van der Waals surface area contributed by atoms with Crippen LogP contribution in [-0.2, 0) is 4.79 Å². The first-order valence-electron chi connectivity index (χ1n) is 5.27. The number of nitrogens with two attached hydrogens (primary N) is 1. The summed E-state index contributed by atoms with van der Waals surface area (Å²) < 4.78 is 0. The highest BCUT2D eigenvalue weighted by molar-refractivity contribution is 7.10. The highest BCUT2D eigenvalue weighted by atomic mass is 32.1. The quantitative estimate of drug-likeness (QED) is 0.729. The predicted octanol–water partition coefficient (Wildman–Crippen LogP) is 2.05. The molecule has 4 heteroatoms. The van der Waals surface area contributed by atoms with Crippen LogP contribution in [0.5, 0.6) is 0 Å². The Morgan fingerprint density at radius 3 is 3.00 bits per heavy atom. The molecule has 0 saturated heterocycles. The maximum absolute atomic E-state index is 11.5. The van der Waals surface area contributed by atoms with Crippen molar-refractivity contribution in [2.45, 2.75) is 32.2 Å². The molecule has 0 spiro atoms. The normalized spacial score (nSPS) is 12.4. The average Bonchev–Trinajstić information content (AvgIpc) is 2.70. The molecule has 0 aromatic carbocycles. The van der Waals surface area contributed by atoms with Crippen molar-refractivity contribution in [1.29, 1.82) is 0 Å². The number of amides is 1. The molecule has 0 radical (unpaired) electrons. The van der Waals surface area contributed by atoms with E-state index in [1.54, 1.807) is 11.3 Å². The van der Waals surface area contributed by atoms with Gasteiger partial charge in [-0.25, -0.2) is 0 Å². The topological polar surface area (TPSA) is 55.1 Å². The predicted molar refractivity (Wildman–Crippen MR) is 63.8 cm³/mol. The molecule has 1 heterocycles. The Balaban J connectivity index is 2.26. The Morgan fingerprint density at radius 2 is 2.40 bits per heavy atom. The number of carbonyl (C=O) groups is 1. The third kappa shape index (κ3) is 4.44. The largest absolute Gasteiger partial charge is 0.349 e. The van der Waals surface area contributed by atoms with E-state index in [1.807, 2.05) is 24.4 Å². The number of thiophene rings is 1. The standard InChI is InChI=1S/C11H18N2OS/c1-9(10-5-4-8-15-10)13-11(14)6-2-3-7-12/h4-5,8-9H,2-3,6-7,12H2,1H3,(H,13,14)/t9-/m1/s1. The maximum Gasteiger partial charge on any atom is 0.220 e. The number of rotatable bonds is 6. The molecule has 15 heavy (non-hydrogen) atoms. The van der Waals surface area contributed by atoms with E-state index < -0.39 is 0 Å². The number of hydrogen-bond donors (Lipinski definition) is 2. The van der Waals surface area contributed by atoms with Crippen LogP contribution in [0.1, 0.15) is 37.1 Å². The minimum absolute atomic E-state index is 0.115. The van der Waals surface area contributed by atoms with Gasteiger partial charge in [-0.3, -0.25) is 4.79 Å². The molecule has 1 rings (SSSR count). The van der Waals surface area contributed by atoms with E-state index in [4.69, 9.17) is 5.73 Å². The highest BCUT2D eigenvalue weighted by Gasteiger charge is 2.09. The van der Waals surface area contributed by atoms with Gasteiger partial charge >= 0.3 is 0 Å². The van der Waals surface area contributed by atoms with Crippen LogP contribution in [0.3, 0.4) is 0 Å². The van der Waals surface area contributed by atoms with Gasteiger partial charge in [0, 0.05) is 11.3 Å². The molecule has 0 aliphatic heterocycles. The summed E-state index contributed by atoms with van der Waals surface area (Å²) in [5.41, 5.74) is 5.36. The van der Waals surface area contributed by atoms with Crippen LogP contribution in [0.4, 0.5) is 0 Å². The van der Waals surface area contributed by atoms with Crippen LogP contribution in [-0.4, -0.2) is 12.5 Å². The van der Waals surface area contributed by atoms with Crippen molar-refractivity contribution in [2.75, 3.05) is 6.54 Å². The van der Waals surface area contributed by atoms with Crippen LogP contribution in [0.2, 0.25) is 0 Å². The molecule has 3 nitrogen and oxygen atoms in total. The van der Waals surface area contributed by atoms with Gasteiger partial charge < -0.3 is 11.1 Å². The Kier molecular flexibility index (Phi) is 5.36. The van der Waals surface area contributed by atoms with Crippen LogP contribution >= 0.6 is 11.3 Å². The summed E-state index contributed by atoms with van der Waals surface area (Å²) in [6, 6.07) is 4.16. The van der Waals surface area contributed by atoms with E-state index in [-0.39, 0.29) is 11.9 Å². The minimum atomic E-state index is 0.115. The lowest BCUT2D eigenvalue weighted by molar-refractivity contribution is -0.121. The Bertz CT molecular complexity index is 285. The van der Waals surface area contributed by atoms with Gasteiger partial charge in [0.05, 0.1) is 6.04 Å². The number of hydrogen-bond acceptors (Lipinski definition) is 3. The van der Waals surface area contributed by atoms with Crippen molar-refractivity contribution in [1.82, 2.24) is 5.32 Å². The minimum Gasteiger partial charge on any atom is -0.349 e. The Hall–Kier alpha value is -0.870. The molecule has 1 amide bonds. The lowest BCUT2D eigenvalue weighted by atomic mass is 10.2. The first-order chi connectivity index (χ1) is 7.24. The molecule has 1 atom stereocenters. The number of nitrogens with one attached hydrogen (secondary N) is 1. The van der Waals surface area contributed by atoms with E-state index in [2.05, 4.69) is 5.32 Å². The lowest BCUT2D eigenvalue weighted by Crippen LogP contribution is -2.25. The van der Waals surface area contributed by atoms with Crippen molar-refractivity contribution in [2.24, 2.45) is 5.73 Å². The summed E-state index contributed by atoms with van der Waals surface area (Å²) >= 11 is 1.67. The van der Waals surface area contributed by atoms with Gasteiger partial charge in [0.25, 0.3) is 0 Å². The van der Waals surface area contributed by atoms with E-state index >= 15 is 0 Å². The van der Waals surface area contributed by atoms with Gasteiger partial charge in [0.1, 0.15) is 0 Å². The molecule has 0 aliphatic rings. The molecule has 84 valence electrons. The van der Waals surface area contributed by atoms with Crippen molar-refractivity contribution >= 4 is 17.2 Å². The molecule has 3 N–H and O–H groups in total.